The minimum absolute atomic E-state index is 0.179. The number of aliphatic hydroxyl groups is 1. The molecule has 16 heavy (non-hydrogen) atoms. The van der Waals surface area contributed by atoms with Crippen molar-refractivity contribution >= 4 is 0 Å². The molecule has 0 amide bonds. The van der Waals surface area contributed by atoms with Crippen LogP contribution in [0.2, 0.25) is 0 Å². The number of ether oxygens (including phenoxy) is 1. The lowest BCUT2D eigenvalue weighted by Crippen LogP contribution is -2.26. The van der Waals surface area contributed by atoms with Gasteiger partial charge >= 0.3 is 0 Å². The second kappa shape index (κ2) is 5.46. The smallest absolute Gasteiger partial charge is 0.108 e. The van der Waals surface area contributed by atoms with Gasteiger partial charge in [0.15, 0.2) is 0 Å². The molecule has 0 heterocycles. The van der Waals surface area contributed by atoms with E-state index in [1.165, 1.54) is 19.3 Å². The Hall–Kier alpha value is -0.860. The molecule has 2 nitrogen and oxygen atoms in total. The highest BCUT2D eigenvalue weighted by molar-refractivity contribution is 5.18. The summed E-state index contributed by atoms with van der Waals surface area (Å²) in [6, 6.07) is 9.97. The molecule has 1 N–H and O–H groups in total. The van der Waals surface area contributed by atoms with Crippen LogP contribution in [0.1, 0.15) is 37.4 Å². The van der Waals surface area contributed by atoms with Gasteiger partial charge in [-0.05, 0) is 17.9 Å². The van der Waals surface area contributed by atoms with E-state index in [2.05, 4.69) is 0 Å². The highest BCUT2D eigenvalue weighted by atomic mass is 16.5. The highest BCUT2D eigenvalue weighted by Crippen LogP contribution is 2.34. The van der Waals surface area contributed by atoms with Crippen molar-refractivity contribution in [2.75, 3.05) is 7.11 Å². The van der Waals surface area contributed by atoms with Gasteiger partial charge in [-0.25, -0.2) is 0 Å². The van der Waals surface area contributed by atoms with Crippen LogP contribution in [0.15, 0.2) is 30.3 Å². The molecule has 88 valence electrons. The molecule has 0 saturated heterocycles. The summed E-state index contributed by atoms with van der Waals surface area (Å²) in [6.45, 7) is 0. The van der Waals surface area contributed by atoms with Crippen LogP contribution in [0, 0.1) is 5.92 Å². The monoisotopic (exact) mass is 220 g/mol. The second-order valence-corrected chi connectivity index (χ2v) is 4.67. The molecule has 1 aliphatic carbocycles. The van der Waals surface area contributed by atoms with Crippen LogP contribution in [-0.4, -0.2) is 18.3 Å². The van der Waals surface area contributed by atoms with Gasteiger partial charge in [-0.2, -0.15) is 0 Å². The summed E-state index contributed by atoms with van der Waals surface area (Å²) in [7, 11) is 1.67. The Balaban J connectivity index is 1.98. The summed E-state index contributed by atoms with van der Waals surface area (Å²) < 4.78 is 5.42. The van der Waals surface area contributed by atoms with E-state index in [9.17, 15) is 5.11 Å². The van der Waals surface area contributed by atoms with Crippen LogP contribution in [0.3, 0.4) is 0 Å². The van der Waals surface area contributed by atoms with Gasteiger partial charge in [-0.15, -0.1) is 0 Å². The Morgan fingerprint density at radius 1 is 1.31 bits per heavy atom. The first-order valence-corrected chi connectivity index (χ1v) is 6.07. The van der Waals surface area contributed by atoms with Gasteiger partial charge in [-0.1, -0.05) is 49.6 Å². The average molecular weight is 220 g/mol. The largest absolute Gasteiger partial charge is 0.390 e. The summed E-state index contributed by atoms with van der Waals surface area (Å²) in [5.74, 6) is 0.705. The van der Waals surface area contributed by atoms with Crippen LogP contribution in [-0.2, 0) is 4.74 Å². The molecule has 0 radical (unpaired) electrons. The molecule has 1 aromatic carbocycles. The van der Waals surface area contributed by atoms with Gasteiger partial charge in [-0.3, -0.25) is 0 Å². The molecule has 1 aromatic rings. The first-order valence-electron chi connectivity index (χ1n) is 6.07. The molecular weight excluding hydrogens is 200 g/mol. The molecule has 2 unspecified atom stereocenters. The molecule has 0 aromatic heterocycles. The predicted octanol–water partition coefficient (Wildman–Crippen LogP) is 2.93. The fraction of sp³-hybridized carbons (Fsp3) is 0.571. The molecule has 0 aliphatic heterocycles. The van der Waals surface area contributed by atoms with Crippen molar-refractivity contribution in [1.82, 2.24) is 0 Å². The third kappa shape index (κ3) is 2.63. The van der Waals surface area contributed by atoms with Gasteiger partial charge in [0, 0.05) is 7.11 Å². The lowest BCUT2D eigenvalue weighted by molar-refractivity contribution is -0.0303. The summed E-state index contributed by atoms with van der Waals surface area (Å²) in [5, 5.41) is 10.2. The maximum atomic E-state index is 10.2. The zero-order valence-corrected chi connectivity index (χ0v) is 9.80. The predicted molar refractivity (Wildman–Crippen MR) is 64.2 cm³/mol. The Bertz CT molecular complexity index is 306. The SMILES string of the molecule is COC(c1ccccc1)C(O)CC1CCC1. The van der Waals surface area contributed by atoms with E-state index in [0.717, 1.165) is 12.0 Å². The lowest BCUT2D eigenvalue weighted by atomic mass is 9.80. The number of hydrogen-bond acceptors (Lipinski definition) is 2. The zero-order valence-electron chi connectivity index (χ0n) is 9.80. The molecule has 2 heteroatoms. The Labute approximate surface area is 97.3 Å². The fourth-order valence-corrected chi connectivity index (χ4v) is 2.35. The minimum atomic E-state index is -0.377. The Morgan fingerprint density at radius 3 is 2.50 bits per heavy atom. The van der Waals surface area contributed by atoms with Crippen molar-refractivity contribution in [2.45, 2.75) is 37.9 Å². The number of rotatable bonds is 5. The van der Waals surface area contributed by atoms with Crippen LogP contribution in [0.5, 0.6) is 0 Å². The van der Waals surface area contributed by atoms with Crippen molar-refractivity contribution in [3.05, 3.63) is 35.9 Å². The van der Waals surface area contributed by atoms with E-state index in [1.807, 2.05) is 30.3 Å². The van der Waals surface area contributed by atoms with Crippen molar-refractivity contribution in [2.24, 2.45) is 5.92 Å². The number of hydrogen-bond donors (Lipinski definition) is 1. The quantitative estimate of drug-likeness (QED) is 0.826. The van der Waals surface area contributed by atoms with E-state index in [4.69, 9.17) is 4.74 Å². The number of methoxy groups -OCH3 is 1. The van der Waals surface area contributed by atoms with E-state index >= 15 is 0 Å². The highest BCUT2D eigenvalue weighted by Gasteiger charge is 2.27. The van der Waals surface area contributed by atoms with E-state index in [1.54, 1.807) is 7.11 Å². The van der Waals surface area contributed by atoms with E-state index in [-0.39, 0.29) is 12.2 Å². The molecule has 2 atom stereocenters. The molecular formula is C14H20O2. The molecule has 1 saturated carbocycles. The Morgan fingerprint density at radius 2 is 2.00 bits per heavy atom. The summed E-state index contributed by atoms with van der Waals surface area (Å²) >= 11 is 0. The third-order valence-corrected chi connectivity index (χ3v) is 3.53. The second-order valence-electron chi connectivity index (χ2n) is 4.67. The van der Waals surface area contributed by atoms with Gasteiger partial charge in [0.05, 0.1) is 6.10 Å². The molecule has 0 spiro atoms. The van der Waals surface area contributed by atoms with Gasteiger partial charge in [0.25, 0.3) is 0 Å². The maximum Gasteiger partial charge on any atom is 0.108 e. The maximum absolute atomic E-state index is 10.2. The van der Waals surface area contributed by atoms with Crippen molar-refractivity contribution in [1.29, 1.82) is 0 Å². The van der Waals surface area contributed by atoms with Gasteiger partial charge in [0.2, 0.25) is 0 Å². The topological polar surface area (TPSA) is 29.5 Å². The van der Waals surface area contributed by atoms with E-state index in [0.29, 0.717) is 5.92 Å². The average Bonchev–Trinajstić information content (AvgIpc) is 2.26. The van der Waals surface area contributed by atoms with Crippen LogP contribution in [0.25, 0.3) is 0 Å². The first-order chi connectivity index (χ1) is 7.81. The van der Waals surface area contributed by atoms with Crippen molar-refractivity contribution < 1.29 is 9.84 Å². The summed E-state index contributed by atoms with van der Waals surface area (Å²) in [4.78, 5) is 0. The fourth-order valence-electron chi connectivity index (χ4n) is 2.35. The van der Waals surface area contributed by atoms with Crippen LogP contribution >= 0.6 is 0 Å². The lowest BCUT2D eigenvalue weighted by Gasteiger charge is -2.30. The zero-order chi connectivity index (χ0) is 11.4. The van der Waals surface area contributed by atoms with E-state index < -0.39 is 0 Å². The summed E-state index contributed by atoms with van der Waals surface area (Å²) in [6.07, 6.45) is 4.16. The molecule has 1 aliphatic rings. The summed E-state index contributed by atoms with van der Waals surface area (Å²) in [5.41, 5.74) is 1.07. The van der Waals surface area contributed by atoms with Gasteiger partial charge < -0.3 is 9.84 Å². The number of benzene rings is 1. The van der Waals surface area contributed by atoms with Crippen LogP contribution < -0.4 is 0 Å². The molecule has 0 bridgehead atoms. The number of aliphatic hydroxyl groups excluding tert-OH is 1. The minimum Gasteiger partial charge on any atom is -0.390 e. The molecule has 2 rings (SSSR count). The van der Waals surface area contributed by atoms with Crippen LogP contribution in [0.4, 0.5) is 0 Å². The molecule has 1 fully saturated rings. The standard InChI is InChI=1S/C14H20O2/c1-16-14(12-8-3-2-4-9-12)13(15)10-11-6-5-7-11/h2-4,8-9,11,13-15H,5-7,10H2,1H3. The normalized spacial score (nSPS) is 20.1. The Kier molecular flexibility index (Phi) is 3.97. The third-order valence-electron chi connectivity index (χ3n) is 3.53. The van der Waals surface area contributed by atoms with Crippen molar-refractivity contribution in [3.63, 3.8) is 0 Å². The van der Waals surface area contributed by atoms with Gasteiger partial charge in [0.1, 0.15) is 6.10 Å². The van der Waals surface area contributed by atoms with Crippen molar-refractivity contribution in [3.8, 4) is 0 Å². The first kappa shape index (κ1) is 11.6.